The van der Waals surface area contributed by atoms with Crippen LogP contribution >= 0.6 is 11.6 Å². The van der Waals surface area contributed by atoms with Gasteiger partial charge < -0.3 is 0 Å². The molecule has 0 aliphatic heterocycles. The summed E-state index contributed by atoms with van der Waals surface area (Å²) < 4.78 is 1.88. The van der Waals surface area contributed by atoms with Gasteiger partial charge >= 0.3 is 5.28 Å². The lowest BCUT2D eigenvalue weighted by Gasteiger charge is -1.93. The predicted octanol–water partition coefficient (Wildman–Crippen LogP) is 1.94. The summed E-state index contributed by atoms with van der Waals surface area (Å²) in [6.07, 6.45) is 3.69. The van der Waals surface area contributed by atoms with Crippen LogP contribution in [0.5, 0.6) is 0 Å². The van der Waals surface area contributed by atoms with Crippen LogP contribution in [0.15, 0.2) is 42.7 Å². The average Bonchev–Trinajstić information content (AvgIpc) is 2.53. The van der Waals surface area contributed by atoms with Gasteiger partial charge in [-0.25, -0.2) is 4.98 Å². The molecule has 0 bridgehead atoms. The molecule has 2 aromatic rings. The molecule has 0 saturated heterocycles. The van der Waals surface area contributed by atoms with E-state index in [9.17, 15) is 0 Å². The maximum absolute atomic E-state index is 5.88. The molecule has 0 atom stereocenters. The summed E-state index contributed by atoms with van der Waals surface area (Å²) in [6.45, 7) is 0. The van der Waals surface area contributed by atoms with Gasteiger partial charge in [-0.1, -0.05) is 18.2 Å². The van der Waals surface area contributed by atoms with E-state index in [-0.39, 0.29) is 0 Å². The molecule has 0 saturated carbocycles. The number of hydrogen-bond acceptors (Lipinski definition) is 0. The van der Waals surface area contributed by atoms with Gasteiger partial charge in [-0.3, -0.25) is 0 Å². The minimum Gasteiger partial charge on any atom is -0.233 e. The van der Waals surface area contributed by atoms with E-state index in [1.807, 2.05) is 41.1 Å². The number of imidazole rings is 1. The molecule has 12 heavy (non-hydrogen) atoms. The molecule has 0 aliphatic carbocycles. The van der Waals surface area contributed by atoms with Gasteiger partial charge in [0.15, 0.2) is 0 Å². The SMILES string of the molecule is Clc1[nH]cc[n+]1-c1ccccc1. The minimum absolute atomic E-state index is 0.612. The van der Waals surface area contributed by atoms with Crippen molar-refractivity contribution in [3.8, 4) is 5.69 Å². The summed E-state index contributed by atoms with van der Waals surface area (Å²) >= 11 is 5.88. The van der Waals surface area contributed by atoms with E-state index in [0.717, 1.165) is 5.69 Å². The Morgan fingerprint density at radius 1 is 1.17 bits per heavy atom. The van der Waals surface area contributed by atoms with Crippen molar-refractivity contribution in [2.45, 2.75) is 0 Å². The van der Waals surface area contributed by atoms with Gasteiger partial charge in [0.25, 0.3) is 0 Å². The maximum atomic E-state index is 5.88. The minimum atomic E-state index is 0.612. The Morgan fingerprint density at radius 3 is 2.50 bits per heavy atom. The van der Waals surface area contributed by atoms with Gasteiger partial charge in [0.2, 0.25) is 0 Å². The predicted molar refractivity (Wildman–Crippen MR) is 47.3 cm³/mol. The molecule has 0 aliphatic rings. The number of rotatable bonds is 1. The van der Waals surface area contributed by atoms with Gasteiger partial charge in [0, 0.05) is 11.6 Å². The summed E-state index contributed by atoms with van der Waals surface area (Å²) in [5.74, 6) is 0. The Balaban J connectivity index is 2.51. The van der Waals surface area contributed by atoms with E-state index in [0.29, 0.717) is 5.28 Å². The summed E-state index contributed by atoms with van der Waals surface area (Å²) in [7, 11) is 0. The molecule has 0 fully saturated rings. The fourth-order valence-corrected chi connectivity index (χ4v) is 1.32. The van der Waals surface area contributed by atoms with Crippen molar-refractivity contribution in [1.82, 2.24) is 4.98 Å². The zero-order chi connectivity index (χ0) is 8.39. The van der Waals surface area contributed by atoms with Gasteiger partial charge in [0.1, 0.15) is 18.1 Å². The van der Waals surface area contributed by atoms with Gasteiger partial charge in [-0.05, 0) is 12.1 Å². The first-order chi connectivity index (χ1) is 5.88. The van der Waals surface area contributed by atoms with Crippen molar-refractivity contribution in [2.24, 2.45) is 0 Å². The molecular weight excluding hydrogens is 172 g/mol. The van der Waals surface area contributed by atoms with Crippen molar-refractivity contribution in [2.75, 3.05) is 0 Å². The molecule has 60 valence electrons. The number of benzene rings is 1. The molecule has 1 aromatic heterocycles. The van der Waals surface area contributed by atoms with Crippen molar-refractivity contribution in [3.05, 3.63) is 48.0 Å². The number of nitrogens with one attached hydrogen (secondary N) is 1. The van der Waals surface area contributed by atoms with Crippen LogP contribution in [0.4, 0.5) is 0 Å². The Morgan fingerprint density at radius 2 is 1.92 bits per heavy atom. The van der Waals surface area contributed by atoms with Crippen molar-refractivity contribution < 1.29 is 4.57 Å². The van der Waals surface area contributed by atoms with E-state index in [1.165, 1.54) is 0 Å². The lowest BCUT2D eigenvalue weighted by atomic mass is 10.3. The number of halogens is 1. The number of hydrogen-bond donors (Lipinski definition) is 1. The van der Waals surface area contributed by atoms with Crippen LogP contribution in [0.1, 0.15) is 0 Å². The smallest absolute Gasteiger partial charge is 0.233 e. The molecular formula is C9H8ClN2+. The van der Waals surface area contributed by atoms with E-state index in [2.05, 4.69) is 4.98 Å². The standard InChI is InChI=1S/C9H7ClN2/c10-9-11-6-7-12(9)8-4-2-1-3-5-8/h1-7H/p+1. The first kappa shape index (κ1) is 7.37. The Kier molecular flexibility index (Phi) is 1.84. The molecule has 0 unspecified atom stereocenters. The molecule has 1 aromatic carbocycles. The summed E-state index contributed by atoms with van der Waals surface area (Å²) in [4.78, 5) is 2.90. The lowest BCUT2D eigenvalue weighted by Crippen LogP contribution is -2.28. The van der Waals surface area contributed by atoms with Crippen LogP contribution in [0.25, 0.3) is 5.69 Å². The van der Waals surface area contributed by atoms with E-state index < -0.39 is 0 Å². The average molecular weight is 180 g/mol. The summed E-state index contributed by atoms with van der Waals surface area (Å²) in [6, 6.07) is 9.93. The monoisotopic (exact) mass is 179 g/mol. The van der Waals surface area contributed by atoms with Gasteiger partial charge in [0.05, 0.1) is 0 Å². The molecule has 1 N–H and O–H groups in total. The molecule has 2 nitrogen and oxygen atoms in total. The van der Waals surface area contributed by atoms with E-state index in [1.54, 1.807) is 6.20 Å². The van der Waals surface area contributed by atoms with Crippen LogP contribution in [0.2, 0.25) is 5.28 Å². The molecule has 2 rings (SSSR count). The van der Waals surface area contributed by atoms with Crippen molar-refractivity contribution in [1.29, 1.82) is 0 Å². The zero-order valence-electron chi connectivity index (χ0n) is 6.37. The van der Waals surface area contributed by atoms with Crippen LogP contribution in [0.3, 0.4) is 0 Å². The van der Waals surface area contributed by atoms with Crippen LogP contribution in [0, 0.1) is 0 Å². The molecule has 0 spiro atoms. The maximum Gasteiger partial charge on any atom is 0.357 e. The molecule has 0 amide bonds. The molecule has 0 radical (unpaired) electrons. The number of aromatic amines is 1. The van der Waals surface area contributed by atoms with Crippen molar-refractivity contribution in [3.63, 3.8) is 0 Å². The second-order valence-electron chi connectivity index (χ2n) is 2.46. The quantitative estimate of drug-likeness (QED) is 0.646. The number of nitrogens with zero attached hydrogens (tertiary/aromatic N) is 1. The van der Waals surface area contributed by atoms with E-state index >= 15 is 0 Å². The highest BCUT2D eigenvalue weighted by atomic mass is 35.5. The molecule has 3 heteroatoms. The highest BCUT2D eigenvalue weighted by molar-refractivity contribution is 6.27. The van der Waals surface area contributed by atoms with Crippen LogP contribution in [-0.4, -0.2) is 4.98 Å². The lowest BCUT2D eigenvalue weighted by molar-refractivity contribution is -0.591. The fourth-order valence-electron chi connectivity index (χ4n) is 1.10. The number of aromatic nitrogens is 2. The number of para-hydroxylation sites is 1. The van der Waals surface area contributed by atoms with Crippen LogP contribution < -0.4 is 4.57 Å². The highest BCUT2D eigenvalue weighted by Gasteiger charge is 2.07. The van der Waals surface area contributed by atoms with Gasteiger partial charge in [-0.2, -0.15) is 4.57 Å². The van der Waals surface area contributed by atoms with E-state index in [4.69, 9.17) is 11.6 Å². The van der Waals surface area contributed by atoms with Gasteiger partial charge in [-0.15, -0.1) is 0 Å². The topological polar surface area (TPSA) is 19.7 Å². The Hall–Kier alpha value is -1.28. The highest BCUT2D eigenvalue weighted by Crippen LogP contribution is 2.02. The summed E-state index contributed by atoms with van der Waals surface area (Å²) in [5.41, 5.74) is 1.06. The second kappa shape index (κ2) is 2.99. The third kappa shape index (κ3) is 1.21. The number of H-pyrrole nitrogens is 1. The Labute approximate surface area is 75.4 Å². The largest absolute Gasteiger partial charge is 0.357 e. The Bertz CT molecular complexity index is 367. The zero-order valence-corrected chi connectivity index (χ0v) is 7.12. The van der Waals surface area contributed by atoms with Crippen molar-refractivity contribution >= 4 is 11.6 Å². The second-order valence-corrected chi connectivity index (χ2v) is 2.81. The third-order valence-electron chi connectivity index (χ3n) is 1.67. The first-order valence-electron chi connectivity index (χ1n) is 3.68. The fraction of sp³-hybridized carbons (Fsp3) is 0. The first-order valence-corrected chi connectivity index (χ1v) is 4.06. The normalized spacial score (nSPS) is 10.1. The third-order valence-corrected chi connectivity index (χ3v) is 1.96. The van der Waals surface area contributed by atoms with Crippen LogP contribution in [-0.2, 0) is 0 Å². The summed E-state index contributed by atoms with van der Waals surface area (Å²) in [5, 5.41) is 0.612. The molecule has 1 heterocycles.